The lowest BCUT2D eigenvalue weighted by molar-refractivity contribution is 0.189. The first-order chi connectivity index (χ1) is 10.5. The Morgan fingerprint density at radius 2 is 2.00 bits per heavy atom. The van der Waals surface area contributed by atoms with Crippen LogP contribution in [0.5, 0.6) is 0 Å². The zero-order chi connectivity index (χ0) is 15.7. The first kappa shape index (κ1) is 15.4. The summed E-state index contributed by atoms with van der Waals surface area (Å²) in [7, 11) is 0. The number of benzene rings is 1. The molecule has 0 radical (unpaired) electrons. The molecule has 1 aliphatic carbocycles. The molecule has 1 aliphatic heterocycles. The Balaban J connectivity index is 1.79. The number of nitrogens with one attached hydrogen (secondary N) is 1. The van der Waals surface area contributed by atoms with Crippen LogP contribution >= 0.6 is 0 Å². The molecular formula is C19H28N2O. The van der Waals surface area contributed by atoms with E-state index in [1.54, 1.807) is 0 Å². The Hall–Kier alpha value is -1.51. The highest BCUT2D eigenvalue weighted by atomic mass is 16.2. The fraction of sp³-hybridized carbons (Fsp3) is 0.632. The van der Waals surface area contributed by atoms with E-state index in [2.05, 4.69) is 44.3 Å². The lowest BCUT2D eigenvalue weighted by atomic mass is 9.79. The van der Waals surface area contributed by atoms with Crippen LogP contribution in [0.15, 0.2) is 18.2 Å². The van der Waals surface area contributed by atoms with Crippen LogP contribution in [0.2, 0.25) is 0 Å². The fourth-order valence-corrected chi connectivity index (χ4v) is 3.86. The van der Waals surface area contributed by atoms with Crippen LogP contribution in [0.25, 0.3) is 0 Å². The largest absolute Gasteiger partial charge is 0.335 e. The van der Waals surface area contributed by atoms with Gasteiger partial charge >= 0.3 is 6.03 Å². The fourth-order valence-electron chi connectivity index (χ4n) is 3.86. The number of hydrogen-bond acceptors (Lipinski definition) is 1. The Labute approximate surface area is 134 Å². The number of amides is 2. The quantitative estimate of drug-likeness (QED) is 0.831. The Morgan fingerprint density at radius 1 is 1.27 bits per heavy atom. The van der Waals surface area contributed by atoms with Crippen molar-refractivity contribution < 1.29 is 4.79 Å². The van der Waals surface area contributed by atoms with E-state index < -0.39 is 0 Å². The molecule has 120 valence electrons. The summed E-state index contributed by atoms with van der Waals surface area (Å²) in [5.74, 6) is 0. The maximum absolute atomic E-state index is 12.6. The lowest BCUT2D eigenvalue weighted by Crippen LogP contribution is -2.44. The van der Waals surface area contributed by atoms with E-state index in [1.807, 2.05) is 4.90 Å². The van der Waals surface area contributed by atoms with Crippen molar-refractivity contribution in [2.24, 2.45) is 0 Å². The zero-order valence-electron chi connectivity index (χ0n) is 14.1. The Morgan fingerprint density at radius 3 is 2.73 bits per heavy atom. The minimum atomic E-state index is 0.122. The first-order valence-corrected chi connectivity index (χ1v) is 8.61. The normalized spacial score (nSPS) is 21.3. The van der Waals surface area contributed by atoms with E-state index in [1.165, 1.54) is 29.5 Å². The maximum atomic E-state index is 12.6. The number of urea groups is 1. The van der Waals surface area contributed by atoms with E-state index in [4.69, 9.17) is 0 Å². The van der Waals surface area contributed by atoms with Crippen LogP contribution < -0.4 is 5.32 Å². The van der Waals surface area contributed by atoms with E-state index in [0.29, 0.717) is 6.04 Å². The number of nitrogens with zero attached hydrogens (tertiary/aromatic N) is 1. The first-order valence-electron chi connectivity index (χ1n) is 8.61. The van der Waals surface area contributed by atoms with Crippen molar-refractivity contribution in [1.82, 2.24) is 10.2 Å². The topological polar surface area (TPSA) is 32.3 Å². The number of carbonyl (C=O) groups excluding carboxylic acids is 1. The predicted octanol–water partition coefficient (Wildman–Crippen LogP) is 4.13. The molecule has 3 rings (SSSR count). The SMILES string of the molecule is Cc1ccc2c(c1)CN(C(=O)NC1CCCC1)CCC2(C)C. The Bertz CT molecular complexity index is 559. The molecule has 0 saturated heterocycles. The average molecular weight is 300 g/mol. The number of aryl methyl sites for hydroxylation is 1. The number of carbonyl (C=O) groups is 1. The van der Waals surface area contributed by atoms with Gasteiger partial charge in [0.25, 0.3) is 0 Å². The second-order valence-corrected chi connectivity index (χ2v) is 7.65. The molecule has 1 saturated carbocycles. The molecule has 0 bridgehead atoms. The summed E-state index contributed by atoms with van der Waals surface area (Å²) in [6.45, 7) is 8.28. The lowest BCUT2D eigenvalue weighted by Gasteiger charge is -2.26. The van der Waals surface area contributed by atoms with Crippen LogP contribution in [0.3, 0.4) is 0 Å². The molecule has 1 aromatic carbocycles. The van der Waals surface area contributed by atoms with Crippen LogP contribution in [0, 0.1) is 6.92 Å². The third-order valence-corrected chi connectivity index (χ3v) is 5.33. The summed E-state index contributed by atoms with van der Waals surface area (Å²) < 4.78 is 0. The van der Waals surface area contributed by atoms with Gasteiger partial charge in [-0.05, 0) is 42.7 Å². The number of hydrogen-bond donors (Lipinski definition) is 1. The van der Waals surface area contributed by atoms with Crippen LogP contribution in [-0.2, 0) is 12.0 Å². The highest BCUT2D eigenvalue weighted by Gasteiger charge is 2.31. The van der Waals surface area contributed by atoms with Gasteiger partial charge < -0.3 is 10.2 Å². The van der Waals surface area contributed by atoms with Gasteiger partial charge in [0.05, 0.1) is 0 Å². The van der Waals surface area contributed by atoms with Gasteiger partial charge in [-0.1, -0.05) is 50.5 Å². The second kappa shape index (κ2) is 5.94. The Kier molecular flexibility index (Phi) is 4.16. The molecule has 2 aliphatic rings. The summed E-state index contributed by atoms with van der Waals surface area (Å²) in [6.07, 6.45) is 5.79. The summed E-state index contributed by atoms with van der Waals surface area (Å²) in [6, 6.07) is 7.20. The van der Waals surface area contributed by atoms with Crippen molar-refractivity contribution in [2.75, 3.05) is 6.54 Å². The monoisotopic (exact) mass is 300 g/mol. The van der Waals surface area contributed by atoms with Crippen LogP contribution in [-0.4, -0.2) is 23.5 Å². The van der Waals surface area contributed by atoms with Crippen molar-refractivity contribution in [3.05, 3.63) is 34.9 Å². The van der Waals surface area contributed by atoms with E-state index in [0.717, 1.165) is 32.4 Å². The van der Waals surface area contributed by atoms with Crippen molar-refractivity contribution in [3.8, 4) is 0 Å². The van der Waals surface area contributed by atoms with E-state index in [-0.39, 0.29) is 11.4 Å². The summed E-state index contributed by atoms with van der Waals surface area (Å²) >= 11 is 0. The molecular weight excluding hydrogens is 272 g/mol. The molecule has 1 N–H and O–H groups in total. The van der Waals surface area contributed by atoms with Gasteiger partial charge in [-0.2, -0.15) is 0 Å². The van der Waals surface area contributed by atoms with Crippen molar-refractivity contribution in [2.45, 2.75) is 70.9 Å². The minimum Gasteiger partial charge on any atom is -0.335 e. The summed E-state index contributed by atoms with van der Waals surface area (Å²) in [5.41, 5.74) is 4.11. The molecule has 3 nitrogen and oxygen atoms in total. The third-order valence-electron chi connectivity index (χ3n) is 5.33. The maximum Gasteiger partial charge on any atom is 0.317 e. The molecule has 0 atom stereocenters. The predicted molar refractivity (Wildman–Crippen MR) is 90.0 cm³/mol. The second-order valence-electron chi connectivity index (χ2n) is 7.65. The molecule has 1 fully saturated rings. The van der Waals surface area contributed by atoms with Gasteiger partial charge in [-0.25, -0.2) is 4.79 Å². The summed E-state index contributed by atoms with van der Waals surface area (Å²) in [5, 5.41) is 3.24. The van der Waals surface area contributed by atoms with Gasteiger partial charge in [0.15, 0.2) is 0 Å². The van der Waals surface area contributed by atoms with Gasteiger partial charge in [-0.15, -0.1) is 0 Å². The number of rotatable bonds is 1. The van der Waals surface area contributed by atoms with Gasteiger partial charge in [-0.3, -0.25) is 0 Å². The minimum absolute atomic E-state index is 0.122. The number of fused-ring (bicyclic) bond motifs is 1. The summed E-state index contributed by atoms with van der Waals surface area (Å²) in [4.78, 5) is 14.6. The van der Waals surface area contributed by atoms with Crippen molar-refractivity contribution in [1.29, 1.82) is 0 Å². The highest BCUT2D eigenvalue weighted by Crippen LogP contribution is 2.34. The molecule has 22 heavy (non-hydrogen) atoms. The molecule has 0 spiro atoms. The molecule has 1 heterocycles. The molecule has 3 heteroatoms. The van der Waals surface area contributed by atoms with E-state index in [9.17, 15) is 4.79 Å². The van der Waals surface area contributed by atoms with Gasteiger partial charge in [0.2, 0.25) is 0 Å². The molecule has 2 amide bonds. The standard InChI is InChI=1S/C19H28N2O/c1-14-8-9-17-15(12-14)13-21(11-10-19(17,2)3)18(22)20-16-6-4-5-7-16/h8-9,12,16H,4-7,10-11,13H2,1-3H3,(H,20,22). The van der Waals surface area contributed by atoms with Crippen LogP contribution in [0.1, 0.15) is 62.6 Å². The van der Waals surface area contributed by atoms with E-state index >= 15 is 0 Å². The van der Waals surface area contributed by atoms with Crippen LogP contribution in [0.4, 0.5) is 4.79 Å². The van der Waals surface area contributed by atoms with Crippen molar-refractivity contribution >= 4 is 6.03 Å². The van der Waals surface area contributed by atoms with Gasteiger partial charge in [0, 0.05) is 19.1 Å². The molecule has 0 unspecified atom stereocenters. The molecule has 1 aromatic rings. The average Bonchev–Trinajstić information content (AvgIpc) is 2.91. The van der Waals surface area contributed by atoms with Gasteiger partial charge in [0.1, 0.15) is 0 Å². The highest BCUT2D eigenvalue weighted by molar-refractivity contribution is 5.74. The smallest absolute Gasteiger partial charge is 0.317 e. The van der Waals surface area contributed by atoms with Crippen molar-refractivity contribution in [3.63, 3.8) is 0 Å². The zero-order valence-corrected chi connectivity index (χ0v) is 14.1. The third kappa shape index (κ3) is 3.13. The molecule has 0 aromatic heterocycles.